The first-order valence-electron chi connectivity index (χ1n) is 8.51. The van der Waals surface area contributed by atoms with E-state index < -0.39 is 0 Å². The molecule has 136 valence electrons. The number of anilines is 4. The molecule has 10 heteroatoms. The Morgan fingerprint density at radius 2 is 1.96 bits per heavy atom. The molecule has 0 amide bonds. The smallest absolute Gasteiger partial charge is 0.227 e. The maximum absolute atomic E-state index is 5.98. The molecule has 1 aliphatic rings. The van der Waals surface area contributed by atoms with Crippen LogP contribution in [-0.2, 0) is 0 Å². The number of benzene rings is 1. The van der Waals surface area contributed by atoms with E-state index in [9.17, 15) is 0 Å². The zero-order valence-electron chi connectivity index (χ0n) is 14.0. The van der Waals surface area contributed by atoms with Gasteiger partial charge in [0, 0.05) is 17.8 Å². The van der Waals surface area contributed by atoms with Crippen LogP contribution in [0.1, 0.15) is 25.7 Å². The number of nitrogens with zero attached hydrogens (tertiary/aromatic N) is 4. The quantitative estimate of drug-likeness (QED) is 0.438. The summed E-state index contributed by atoms with van der Waals surface area (Å²) in [5.74, 6) is 1.06. The highest BCUT2D eigenvalue weighted by Crippen LogP contribution is 2.27. The van der Waals surface area contributed by atoms with Crippen molar-refractivity contribution in [3.05, 3.63) is 23.2 Å². The monoisotopic (exact) mass is 373 g/mol. The molecule has 0 saturated heterocycles. The van der Waals surface area contributed by atoms with Crippen molar-refractivity contribution in [3.8, 4) is 0 Å². The molecule has 0 aliphatic heterocycles. The van der Waals surface area contributed by atoms with E-state index in [4.69, 9.17) is 23.1 Å². The molecule has 9 nitrogen and oxygen atoms in total. The molecule has 0 atom stereocenters. The Hall–Kier alpha value is -2.65. The molecule has 0 radical (unpaired) electrons. The van der Waals surface area contributed by atoms with Crippen molar-refractivity contribution >= 4 is 45.9 Å². The molecule has 2 aromatic heterocycles. The van der Waals surface area contributed by atoms with Crippen LogP contribution >= 0.6 is 11.6 Å². The number of nitrogens with one attached hydrogen (secondary N) is 3. The zero-order valence-corrected chi connectivity index (χ0v) is 14.8. The minimum Gasteiger partial charge on any atom is -0.397 e. The summed E-state index contributed by atoms with van der Waals surface area (Å²) in [5, 5.41) is 17.8. The predicted molar refractivity (Wildman–Crippen MR) is 102 cm³/mol. The lowest BCUT2D eigenvalue weighted by Gasteiger charge is -2.26. The molecule has 26 heavy (non-hydrogen) atoms. The largest absolute Gasteiger partial charge is 0.397 e. The summed E-state index contributed by atoms with van der Waals surface area (Å²) in [6.07, 6.45) is 4.00. The van der Waals surface area contributed by atoms with Crippen molar-refractivity contribution < 1.29 is 0 Å². The van der Waals surface area contributed by atoms with E-state index in [1.165, 1.54) is 0 Å². The van der Waals surface area contributed by atoms with Crippen LogP contribution in [0.2, 0.25) is 5.02 Å². The fourth-order valence-corrected chi connectivity index (χ4v) is 3.22. The number of H-pyrrole nitrogens is 1. The molecule has 1 aliphatic carbocycles. The third-order valence-electron chi connectivity index (χ3n) is 4.55. The highest BCUT2D eigenvalue weighted by Gasteiger charge is 2.20. The summed E-state index contributed by atoms with van der Waals surface area (Å²) in [5.41, 5.74) is 14.2. The van der Waals surface area contributed by atoms with Crippen molar-refractivity contribution in [2.45, 2.75) is 37.8 Å². The normalized spacial score (nSPS) is 20.2. The van der Waals surface area contributed by atoms with Gasteiger partial charge in [0.2, 0.25) is 5.95 Å². The van der Waals surface area contributed by atoms with Gasteiger partial charge in [-0.25, -0.2) is 5.10 Å². The van der Waals surface area contributed by atoms with E-state index in [-0.39, 0.29) is 0 Å². The van der Waals surface area contributed by atoms with Gasteiger partial charge in [-0.15, -0.1) is 5.10 Å². The molecule has 1 saturated carbocycles. The Balaban J connectivity index is 1.61. The summed E-state index contributed by atoms with van der Waals surface area (Å²) in [6, 6.07) is 5.89. The van der Waals surface area contributed by atoms with Gasteiger partial charge in [-0.1, -0.05) is 16.8 Å². The second kappa shape index (κ2) is 6.93. The number of hydrogen-bond donors (Lipinski definition) is 5. The number of nitrogens with two attached hydrogens (primary N) is 2. The standard InChI is InChI=1S/C16H20ClN9/c17-11-6-5-10(7-12(11)19)20-14-13-15(25-26-24-13)23-16(22-14)21-9-3-1-8(18)2-4-9/h5-9H,1-4,18-19H2,(H3,20,21,22,23,24,25,26). The van der Waals surface area contributed by atoms with Gasteiger partial charge in [-0.2, -0.15) is 9.97 Å². The Kier molecular flexibility index (Phi) is 4.48. The minimum atomic E-state index is 0.292. The fraction of sp³-hybridized carbons (Fsp3) is 0.375. The average molecular weight is 374 g/mol. The second-order valence-corrected chi connectivity index (χ2v) is 6.93. The van der Waals surface area contributed by atoms with Gasteiger partial charge in [-0.3, -0.25) is 0 Å². The lowest BCUT2D eigenvalue weighted by molar-refractivity contribution is 0.410. The average Bonchev–Trinajstić information content (AvgIpc) is 3.09. The zero-order chi connectivity index (χ0) is 18.1. The van der Waals surface area contributed by atoms with Gasteiger partial charge in [-0.05, 0) is 43.9 Å². The first kappa shape index (κ1) is 16.8. The molecule has 2 heterocycles. The van der Waals surface area contributed by atoms with Crippen molar-refractivity contribution in [1.29, 1.82) is 0 Å². The molecular weight excluding hydrogens is 354 g/mol. The van der Waals surface area contributed by atoms with E-state index in [0.29, 0.717) is 45.7 Å². The SMILES string of the molecule is Nc1cc(Nc2nc(NC3CCC(N)CC3)nc3[nH]nnc23)ccc1Cl. The molecule has 0 unspecified atom stereocenters. The van der Waals surface area contributed by atoms with Gasteiger partial charge < -0.3 is 22.1 Å². The second-order valence-electron chi connectivity index (χ2n) is 6.52. The number of hydrogen-bond acceptors (Lipinski definition) is 8. The molecule has 1 aromatic carbocycles. The number of aromatic amines is 1. The van der Waals surface area contributed by atoms with Gasteiger partial charge in [0.05, 0.1) is 10.7 Å². The van der Waals surface area contributed by atoms with E-state index in [2.05, 4.69) is 36.0 Å². The first-order valence-corrected chi connectivity index (χ1v) is 8.89. The van der Waals surface area contributed by atoms with Crippen LogP contribution < -0.4 is 22.1 Å². The third kappa shape index (κ3) is 3.49. The molecule has 7 N–H and O–H groups in total. The molecule has 0 bridgehead atoms. The van der Waals surface area contributed by atoms with Gasteiger partial charge >= 0.3 is 0 Å². The number of halogens is 1. The molecule has 4 rings (SSSR count). The Bertz CT molecular complexity index is 917. The lowest BCUT2D eigenvalue weighted by atomic mass is 9.92. The lowest BCUT2D eigenvalue weighted by Crippen LogP contribution is -2.33. The summed E-state index contributed by atoms with van der Waals surface area (Å²) < 4.78 is 0. The number of fused-ring (bicyclic) bond motifs is 1. The summed E-state index contributed by atoms with van der Waals surface area (Å²) >= 11 is 5.98. The molecule has 0 spiro atoms. The van der Waals surface area contributed by atoms with Crippen molar-refractivity contribution in [1.82, 2.24) is 25.4 Å². The van der Waals surface area contributed by atoms with Crippen molar-refractivity contribution in [2.24, 2.45) is 5.73 Å². The Morgan fingerprint density at radius 3 is 2.73 bits per heavy atom. The summed E-state index contributed by atoms with van der Waals surface area (Å²) in [4.78, 5) is 9.04. The number of aromatic nitrogens is 5. The van der Waals surface area contributed by atoms with Crippen LogP contribution in [-0.4, -0.2) is 37.5 Å². The summed E-state index contributed by atoms with van der Waals surface area (Å²) in [6.45, 7) is 0. The number of nitrogen functional groups attached to an aromatic ring is 1. The van der Waals surface area contributed by atoms with Crippen LogP contribution in [0, 0.1) is 0 Å². The van der Waals surface area contributed by atoms with E-state index in [1.54, 1.807) is 12.1 Å². The maximum atomic E-state index is 5.98. The first-order chi connectivity index (χ1) is 12.6. The maximum Gasteiger partial charge on any atom is 0.227 e. The topological polar surface area (TPSA) is 143 Å². The molecule has 1 fully saturated rings. The van der Waals surface area contributed by atoms with Crippen LogP contribution in [0.4, 0.5) is 23.1 Å². The highest BCUT2D eigenvalue weighted by atomic mass is 35.5. The van der Waals surface area contributed by atoms with E-state index in [0.717, 1.165) is 31.4 Å². The van der Waals surface area contributed by atoms with E-state index >= 15 is 0 Å². The van der Waals surface area contributed by atoms with Crippen LogP contribution in [0.25, 0.3) is 11.2 Å². The van der Waals surface area contributed by atoms with Gasteiger partial charge in [0.1, 0.15) is 0 Å². The van der Waals surface area contributed by atoms with Crippen molar-refractivity contribution in [2.75, 3.05) is 16.4 Å². The fourth-order valence-electron chi connectivity index (χ4n) is 3.11. The van der Waals surface area contributed by atoms with Crippen LogP contribution in [0.15, 0.2) is 18.2 Å². The van der Waals surface area contributed by atoms with E-state index in [1.807, 2.05) is 6.07 Å². The van der Waals surface area contributed by atoms with Crippen LogP contribution in [0.3, 0.4) is 0 Å². The van der Waals surface area contributed by atoms with Crippen LogP contribution in [0.5, 0.6) is 0 Å². The van der Waals surface area contributed by atoms with Crippen molar-refractivity contribution in [3.63, 3.8) is 0 Å². The highest BCUT2D eigenvalue weighted by molar-refractivity contribution is 6.33. The Morgan fingerprint density at radius 1 is 1.15 bits per heavy atom. The molecular formula is C16H20ClN9. The molecule has 3 aromatic rings. The summed E-state index contributed by atoms with van der Waals surface area (Å²) in [7, 11) is 0. The Labute approximate surface area is 154 Å². The number of rotatable bonds is 4. The van der Waals surface area contributed by atoms with Gasteiger partial charge in [0.15, 0.2) is 17.0 Å². The predicted octanol–water partition coefficient (Wildman–Crippen LogP) is 2.41. The third-order valence-corrected chi connectivity index (χ3v) is 4.90. The van der Waals surface area contributed by atoms with Gasteiger partial charge in [0.25, 0.3) is 0 Å². The minimum absolute atomic E-state index is 0.292.